The molecule has 1 amide bonds. The van der Waals surface area contributed by atoms with Crippen LogP contribution in [0.5, 0.6) is 5.75 Å². The summed E-state index contributed by atoms with van der Waals surface area (Å²) in [6, 6.07) is 12.0. The van der Waals surface area contributed by atoms with Gasteiger partial charge in [0.25, 0.3) is 5.56 Å². The van der Waals surface area contributed by atoms with Gasteiger partial charge in [0.05, 0.1) is 29.9 Å². The third-order valence-corrected chi connectivity index (χ3v) is 6.00. The lowest BCUT2D eigenvalue weighted by molar-refractivity contribution is -0.115. The van der Waals surface area contributed by atoms with E-state index in [1.807, 2.05) is 6.07 Å². The van der Waals surface area contributed by atoms with E-state index in [2.05, 4.69) is 20.4 Å². The number of aromatic amines is 1. The largest absolute Gasteiger partial charge is 0.495 e. The van der Waals surface area contributed by atoms with Crippen LogP contribution in [0.3, 0.4) is 0 Å². The molecular formula is C21H17Cl2N5O3S. The second-order valence-corrected chi connectivity index (χ2v) is 8.94. The molecule has 4 rings (SSSR count). The van der Waals surface area contributed by atoms with Crippen molar-refractivity contribution in [2.24, 2.45) is 0 Å². The number of nitrogens with zero attached hydrogens (tertiary/aromatic N) is 3. The number of carbonyl (C=O) groups excluding carboxylic acids is 1. The third kappa shape index (κ3) is 4.59. The Hall–Kier alpha value is -3.01. The molecule has 1 unspecified atom stereocenters. The lowest BCUT2D eigenvalue weighted by Crippen LogP contribution is -2.23. The molecule has 0 radical (unpaired) electrons. The van der Waals surface area contributed by atoms with Gasteiger partial charge < -0.3 is 15.0 Å². The Labute approximate surface area is 196 Å². The number of anilines is 1. The van der Waals surface area contributed by atoms with Crippen LogP contribution in [-0.4, -0.2) is 38.0 Å². The minimum atomic E-state index is -0.582. The summed E-state index contributed by atoms with van der Waals surface area (Å²) in [7, 11) is 1.50. The molecule has 2 N–H and O–H groups in total. The molecule has 2 aromatic carbocycles. The van der Waals surface area contributed by atoms with E-state index in [9.17, 15) is 9.59 Å². The van der Waals surface area contributed by atoms with Crippen LogP contribution in [0.25, 0.3) is 16.7 Å². The van der Waals surface area contributed by atoms with Crippen LogP contribution in [0.15, 0.2) is 58.6 Å². The van der Waals surface area contributed by atoms with E-state index in [4.69, 9.17) is 27.9 Å². The molecule has 0 aliphatic carbocycles. The van der Waals surface area contributed by atoms with Crippen LogP contribution in [0, 0.1) is 0 Å². The maximum absolute atomic E-state index is 12.7. The summed E-state index contributed by atoms with van der Waals surface area (Å²) in [5.41, 5.74) is 1.13. The number of carbonyl (C=O) groups is 1. The average molecular weight is 490 g/mol. The van der Waals surface area contributed by atoms with E-state index in [-0.39, 0.29) is 16.6 Å². The van der Waals surface area contributed by atoms with Crippen LogP contribution in [0.2, 0.25) is 10.0 Å². The molecule has 0 fully saturated rings. The summed E-state index contributed by atoms with van der Waals surface area (Å²) in [6.07, 6.45) is 1.44. The standard InChI is InChI=1S/C21H17Cl2N5O3S/c1-11(19(29)25-16-9-13(23)6-7-17(16)31-2)32-21-26-18-15(20(30)27-21)10-24-28(18)14-5-3-4-12(22)8-14/h3-11H,1-2H3,(H,25,29)(H,26,27,30). The summed E-state index contributed by atoms with van der Waals surface area (Å²) >= 11 is 13.2. The zero-order valence-corrected chi connectivity index (χ0v) is 19.3. The zero-order valence-electron chi connectivity index (χ0n) is 16.9. The van der Waals surface area contributed by atoms with Gasteiger partial charge in [-0.1, -0.05) is 41.0 Å². The lowest BCUT2D eigenvalue weighted by Gasteiger charge is -2.14. The third-order valence-electron chi connectivity index (χ3n) is 4.55. The molecule has 1 atom stereocenters. The van der Waals surface area contributed by atoms with Gasteiger partial charge in [-0.2, -0.15) is 5.10 Å². The Morgan fingerprint density at radius 3 is 2.75 bits per heavy atom. The molecule has 0 spiro atoms. The van der Waals surface area contributed by atoms with Gasteiger partial charge in [-0.05, 0) is 43.3 Å². The highest BCUT2D eigenvalue weighted by Gasteiger charge is 2.20. The number of hydrogen-bond acceptors (Lipinski definition) is 6. The number of fused-ring (bicyclic) bond motifs is 1. The van der Waals surface area contributed by atoms with Crippen molar-refractivity contribution in [1.29, 1.82) is 0 Å². The van der Waals surface area contributed by atoms with E-state index in [0.29, 0.717) is 38.2 Å². The minimum absolute atomic E-state index is 0.284. The average Bonchev–Trinajstić information content (AvgIpc) is 3.18. The van der Waals surface area contributed by atoms with Crippen molar-refractivity contribution in [1.82, 2.24) is 19.7 Å². The molecule has 4 aromatic rings. The smallest absolute Gasteiger partial charge is 0.262 e. The van der Waals surface area contributed by atoms with Crippen molar-refractivity contribution in [3.63, 3.8) is 0 Å². The number of H-pyrrole nitrogens is 1. The summed E-state index contributed by atoms with van der Waals surface area (Å²) in [4.78, 5) is 32.5. The predicted octanol–water partition coefficient (Wildman–Crippen LogP) is 4.54. The normalized spacial score (nSPS) is 12.0. The number of nitrogens with one attached hydrogen (secondary N) is 2. The number of thioether (sulfide) groups is 1. The summed E-state index contributed by atoms with van der Waals surface area (Å²) < 4.78 is 6.79. The van der Waals surface area contributed by atoms with Gasteiger partial charge in [-0.25, -0.2) is 9.67 Å². The molecule has 164 valence electrons. The van der Waals surface area contributed by atoms with Crippen molar-refractivity contribution in [3.05, 3.63) is 69.1 Å². The zero-order chi connectivity index (χ0) is 22.8. The summed E-state index contributed by atoms with van der Waals surface area (Å²) in [5, 5.41) is 8.09. The molecule has 0 bridgehead atoms. The van der Waals surface area contributed by atoms with Crippen LogP contribution in [0.4, 0.5) is 5.69 Å². The van der Waals surface area contributed by atoms with Crippen LogP contribution in [-0.2, 0) is 4.79 Å². The summed E-state index contributed by atoms with van der Waals surface area (Å²) in [6.45, 7) is 1.70. The van der Waals surface area contributed by atoms with Gasteiger partial charge in [0.1, 0.15) is 11.1 Å². The van der Waals surface area contributed by atoms with Gasteiger partial charge >= 0.3 is 0 Å². The number of aromatic nitrogens is 4. The Morgan fingerprint density at radius 2 is 2.00 bits per heavy atom. The fraction of sp³-hybridized carbons (Fsp3) is 0.143. The first-order valence-corrected chi connectivity index (χ1v) is 11.0. The molecule has 0 saturated carbocycles. The van der Waals surface area contributed by atoms with Crippen molar-refractivity contribution < 1.29 is 9.53 Å². The van der Waals surface area contributed by atoms with Gasteiger partial charge in [-0.15, -0.1) is 0 Å². The van der Waals surface area contributed by atoms with Crippen LogP contribution in [0.1, 0.15) is 6.92 Å². The van der Waals surface area contributed by atoms with Gasteiger partial charge in [0.2, 0.25) is 5.91 Å². The quantitative estimate of drug-likeness (QED) is 0.304. The van der Waals surface area contributed by atoms with Gasteiger partial charge in [0, 0.05) is 10.0 Å². The number of halogens is 2. The highest BCUT2D eigenvalue weighted by molar-refractivity contribution is 8.00. The number of amides is 1. The first-order chi connectivity index (χ1) is 15.4. The topological polar surface area (TPSA) is 102 Å². The second kappa shape index (κ2) is 9.23. The van der Waals surface area contributed by atoms with Crippen molar-refractivity contribution >= 4 is 57.6 Å². The maximum Gasteiger partial charge on any atom is 0.262 e. The van der Waals surface area contributed by atoms with E-state index >= 15 is 0 Å². The van der Waals surface area contributed by atoms with E-state index in [1.165, 1.54) is 18.0 Å². The van der Waals surface area contributed by atoms with Gasteiger partial charge in [-0.3, -0.25) is 9.59 Å². The minimum Gasteiger partial charge on any atom is -0.495 e. The number of methoxy groups -OCH3 is 1. The fourth-order valence-corrected chi connectivity index (χ4v) is 4.13. The maximum atomic E-state index is 12.7. The molecule has 0 saturated heterocycles. The van der Waals surface area contributed by atoms with E-state index in [0.717, 1.165) is 11.8 Å². The Bertz CT molecular complexity index is 1370. The summed E-state index contributed by atoms with van der Waals surface area (Å²) in [5.74, 6) is 0.181. The molecule has 2 aromatic heterocycles. The number of rotatable bonds is 6. The number of benzene rings is 2. The first-order valence-electron chi connectivity index (χ1n) is 9.41. The Kier molecular flexibility index (Phi) is 6.40. The molecule has 0 aliphatic rings. The monoisotopic (exact) mass is 489 g/mol. The van der Waals surface area contributed by atoms with Crippen LogP contribution >= 0.6 is 35.0 Å². The second-order valence-electron chi connectivity index (χ2n) is 6.74. The lowest BCUT2D eigenvalue weighted by atomic mass is 10.3. The molecule has 0 aliphatic heterocycles. The molecule has 2 heterocycles. The van der Waals surface area contributed by atoms with Crippen LogP contribution < -0.4 is 15.6 Å². The molecule has 32 heavy (non-hydrogen) atoms. The Morgan fingerprint density at radius 1 is 1.22 bits per heavy atom. The van der Waals surface area contributed by atoms with E-state index in [1.54, 1.807) is 43.3 Å². The van der Waals surface area contributed by atoms with Crippen molar-refractivity contribution in [2.45, 2.75) is 17.3 Å². The molecule has 11 heteroatoms. The first kappa shape index (κ1) is 22.2. The SMILES string of the molecule is COc1ccc(Cl)cc1NC(=O)C(C)Sc1nc2c(cnn2-c2cccc(Cl)c2)c(=O)[nH]1. The highest BCUT2D eigenvalue weighted by atomic mass is 35.5. The Balaban J connectivity index is 1.60. The van der Waals surface area contributed by atoms with Crippen molar-refractivity contribution in [3.8, 4) is 11.4 Å². The highest BCUT2D eigenvalue weighted by Crippen LogP contribution is 2.29. The van der Waals surface area contributed by atoms with Crippen molar-refractivity contribution in [2.75, 3.05) is 12.4 Å². The molecule has 8 nitrogen and oxygen atoms in total. The predicted molar refractivity (Wildman–Crippen MR) is 126 cm³/mol. The molecular weight excluding hydrogens is 473 g/mol. The fourth-order valence-electron chi connectivity index (χ4n) is 2.98. The van der Waals surface area contributed by atoms with E-state index < -0.39 is 5.25 Å². The number of ether oxygens (including phenoxy) is 1. The number of hydrogen-bond donors (Lipinski definition) is 2. The van der Waals surface area contributed by atoms with Gasteiger partial charge in [0.15, 0.2) is 10.8 Å².